The fourth-order valence-electron chi connectivity index (χ4n) is 9.72. The van der Waals surface area contributed by atoms with E-state index >= 15 is 0 Å². The van der Waals surface area contributed by atoms with Crippen molar-refractivity contribution in [3.63, 3.8) is 0 Å². The quantitative estimate of drug-likeness (QED) is 0.328. The van der Waals surface area contributed by atoms with Gasteiger partial charge in [-0.15, -0.1) is 6.58 Å². The van der Waals surface area contributed by atoms with Crippen molar-refractivity contribution < 1.29 is 19.2 Å². The Bertz CT molecular complexity index is 1850. The third-order valence-electron chi connectivity index (χ3n) is 11.4. The van der Waals surface area contributed by atoms with Gasteiger partial charge in [-0.2, -0.15) is 0 Å². The van der Waals surface area contributed by atoms with Gasteiger partial charge in [0.25, 0.3) is 0 Å². The monoisotopic (exact) mass is 614 g/mol. The van der Waals surface area contributed by atoms with E-state index < -0.39 is 47.3 Å². The molecular formula is C36H34N6O4. The average molecular weight is 615 g/mol. The van der Waals surface area contributed by atoms with Crippen LogP contribution in [0.2, 0.25) is 0 Å². The molecule has 6 aliphatic rings. The molecule has 232 valence electrons. The molecule has 4 fully saturated rings. The Morgan fingerprint density at radius 1 is 0.652 bits per heavy atom. The lowest BCUT2D eigenvalue weighted by molar-refractivity contribution is -0.149. The van der Waals surface area contributed by atoms with Crippen LogP contribution in [0.3, 0.4) is 0 Å². The van der Waals surface area contributed by atoms with E-state index in [4.69, 9.17) is 0 Å². The molecule has 6 heterocycles. The van der Waals surface area contributed by atoms with Crippen LogP contribution in [0.25, 0.3) is 0 Å². The number of fused-ring (bicyclic) bond motifs is 11. The van der Waals surface area contributed by atoms with Crippen LogP contribution in [0.5, 0.6) is 0 Å². The minimum atomic E-state index is -0.848. The first-order chi connectivity index (χ1) is 22.4. The number of nitrogens with one attached hydrogen (secondary N) is 4. The van der Waals surface area contributed by atoms with Crippen molar-refractivity contribution in [1.29, 1.82) is 0 Å². The molecule has 4 N–H and O–H groups in total. The molecule has 4 saturated heterocycles. The maximum Gasteiger partial charge on any atom is 0.247 e. The number of rotatable bonds is 5. The number of hydrogen-bond acceptors (Lipinski definition) is 6. The highest BCUT2D eigenvalue weighted by atomic mass is 16.2. The minimum absolute atomic E-state index is 0.136. The molecule has 10 heteroatoms. The second-order valence-corrected chi connectivity index (χ2v) is 13.4. The maximum absolute atomic E-state index is 14.5. The SMILES string of the molecule is C=CC[C@@H]1NC(=O)[C@@H]2C[C@]3([C@@]45C[C@H]6C(=O)N[C@@H](Cc7ccccc7)C(=O)N6C4Nc4ccccc45)c4ccccc4N[C@@H]3N2C1=O. The average Bonchev–Trinajstić information content (AvgIpc) is 3.77. The Kier molecular flexibility index (Phi) is 5.59. The summed E-state index contributed by atoms with van der Waals surface area (Å²) in [5.74, 6) is -0.671. The van der Waals surface area contributed by atoms with Crippen LogP contribution in [0.1, 0.15) is 36.0 Å². The zero-order valence-corrected chi connectivity index (χ0v) is 25.1. The molecule has 0 aliphatic carbocycles. The second-order valence-electron chi connectivity index (χ2n) is 13.4. The summed E-state index contributed by atoms with van der Waals surface area (Å²) in [6, 6.07) is 23.0. The van der Waals surface area contributed by atoms with Crippen molar-refractivity contribution in [3.8, 4) is 0 Å². The van der Waals surface area contributed by atoms with Gasteiger partial charge in [0.2, 0.25) is 23.6 Å². The lowest BCUT2D eigenvalue weighted by Gasteiger charge is -2.48. The predicted molar refractivity (Wildman–Crippen MR) is 170 cm³/mol. The van der Waals surface area contributed by atoms with Crippen LogP contribution in [-0.2, 0) is 36.4 Å². The van der Waals surface area contributed by atoms with E-state index in [1.54, 1.807) is 15.9 Å². The van der Waals surface area contributed by atoms with E-state index in [-0.39, 0.29) is 23.6 Å². The molecule has 4 amide bonds. The molecule has 8 atom stereocenters. The normalized spacial score (nSPS) is 34.7. The third kappa shape index (κ3) is 3.26. The molecule has 0 radical (unpaired) electrons. The largest absolute Gasteiger partial charge is 0.364 e. The number of benzene rings is 3. The van der Waals surface area contributed by atoms with Crippen molar-refractivity contribution in [3.05, 3.63) is 108 Å². The molecule has 9 rings (SSSR count). The van der Waals surface area contributed by atoms with Gasteiger partial charge in [-0.25, -0.2) is 0 Å². The summed E-state index contributed by atoms with van der Waals surface area (Å²) in [5, 5.41) is 13.4. The maximum atomic E-state index is 14.5. The zero-order chi connectivity index (χ0) is 31.4. The fraction of sp³-hybridized carbons (Fsp3) is 0.333. The molecular weight excluding hydrogens is 580 g/mol. The van der Waals surface area contributed by atoms with Crippen molar-refractivity contribution >= 4 is 35.0 Å². The number of amides is 4. The van der Waals surface area contributed by atoms with Gasteiger partial charge in [0.1, 0.15) is 36.5 Å². The Hall–Kier alpha value is -5.12. The number of anilines is 2. The topological polar surface area (TPSA) is 123 Å². The lowest BCUT2D eigenvalue weighted by Crippen LogP contribution is -2.66. The van der Waals surface area contributed by atoms with E-state index in [0.717, 1.165) is 28.1 Å². The van der Waals surface area contributed by atoms with Gasteiger partial charge in [-0.05, 0) is 48.1 Å². The molecule has 46 heavy (non-hydrogen) atoms. The predicted octanol–water partition coefficient (Wildman–Crippen LogP) is 2.38. The van der Waals surface area contributed by atoms with Crippen LogP contribution in [0.4, 0.5) is 11.4 Å². The number of nitrogens with zero attached hydrogens (tertiary/aromatic N) is 2. The van der Waals surface area contributed by atoms with Gasteiger partial charge < -0.3 is 31.1 Å². The molecule has 0 aromatic heterocycles. The molecule has 3 aromatic rings. The van der Waals surface area contributed by atoms with Crippen LogP contribution in [0.15, 0.2) is 91.5 Å². The number of carbonyl (C=O) groups is 4. The van der Waals surface area contributed by atoms with Gasteiger partial charge >= 0.3 is 0 Å². The Morgan fingerprint density at radius 3 is 1.67 bits per heavy atom. The van der Waals surface area contributed by atoms with E-state index in [0.29, 0.717) is 25.7 Å². The summed E-state index contributed by atoms with van der Waals surface area (Å²) in [7, 11) is 0. The molecule has 10 nitrogen and oxygen atoms in total. The van der Waals surface area contributed by atoms with Gasteiger partial charge in [-0.3, -0.25) is 19.2 Å². The van der Waals surface area contributed by atoms with E-state index in [2.05, 4.69) is 40.0 Å². The van der Waals surface area contributed by atoms with Crippen LogP contribution in [0, 0.1) is 0 Å². The summed E-state index contributed by atoms with van der Waals surface area (Å²) in [6.45, 7) is 3.81. The van der Waals surface area contributed by atoms with E-state index in [9.17, 15) is 19.2 Å². The van der Waals surface area contributed by atoms with E-state index in [1.807, 2.05) is 66.7 Å². The first-order valence-corrected chi connectivity index (χ1v) is 16.0. The summed E-state index contributed by atoms with van der Waals surface area (Å²) in [4.78, 5) is 60.1. The molecule has 0 saturated carbocycles. The molecule has 1 unspecified atom stereocenters. The number of para-hydroxylation sites is 2. The molecule has 0 bridgehead atoms. The number of piperazine rings is 2. The summed E-state index contributed by atoms with van der Waals surface area (Å²) in [5.41, 5.74) is 3.05. The Labute approximate surface area is 266 Å². The highest BCUT2D eigenvalue weighted by molar-refractivity contribution is 6.01. The summed E-state index contributed by atoms with van der Waals surface area (Å²) >= 11 is 0. The van der Waals surface area contributed by atoms with Gasteiger partial charge in [0.05, 0.1) is 10.8 Å². The van der Waals surface area contributed by atoms with Crippen molar-refractivity contribution in [2.75, 3.05) is 10.6 Å². The van der Waals surface area contributed by atoms with Gasteiger partial charge in [-0.1, -0.05) is 72.8 Å². The Balaban J connectivity index is 1.24. The Morgan fingerprint density at radius 2 is 1.13 bits per heavy atom. The highest BCUT2D eigenvalue weighted by Crippen LogP contribution is 2.68. The van der Waals surface area contributed by atoms with Crippen LogP contribution >= 0.6 is 0 Å². The standard InChI is InChI=1S/C36H34N6O4/c1-2-10-25-31(45)41-27(29(43)37-25)18-35(21-13-6-8-15-23(21)39-33(35)41)36-19-28-30(44)38-26(17-20-11-4-3-5-12-20)32(46)42(28)34(36)40-24-16-9-7-14-22(24)36/h2-9,11-16,25-28,33-34,39-40H,1,10,17-19H2,(H,37,43)(H,38,44)/t25-,26-,27-,28-,33+,34?,35-,36+/m0/s1. The van der Waals surface area contributed by atoms with Crippen molar-refractivity contribution in [2.24, 2.45) is 0 Å². The first-order valence-electron chi connectivity index (χ1n) is 16.0. The molecule has 0 spiro atoms. The van der Waals surface area contributed by atoms with Crippen molar-refractivity contribution in [1.82, 2.24) is 20.4 Å². The highest BCUT2D eigenvalue weighted by Gasteiger charge is 2.78. The second kappa shape index (κ2) is 9.45. The van der Waals surface area contributed by atoms with Crippen LogP contribution in [-0.4, -0.2) is 69.9 Å². The first kappa shape index (κ1) is 27.2. The lowest BCUT2D eigenvalue weighted by atomic mass is 9.54. The summed E-state index contributed by atoms with van der Waals surface area (Å²) in [6.07, 6.45) is 1.90. The molecule has 3 aromatic carbocycles. The summed E-state index contributed by atoms with van der Waals surface area (Å²) < 4.78 is 0. The smallest absolute Gasteiger partial charge is 0.247 e. The number of carbonyl (C=O) groups excluding carboxylic acids is 4. The van der Waals surface area contributed by atoms with Crippen molar-refractivity contribution in [2.45, 2.75) is 73.0 Å². The third-order valence-corrected chi connectivity index (χ3v) is 11.4. The molecule has 6 aliphatic heterocycles. The zero-order valence-electron chi connectivity index (χ0n) is 25.1. The fourth-order valence-corrected chi connectivity index (χ4v) is 9.72. The van der Waals surface area contributed by atoms with E-state index in [1.165, 1.54) is 0 Å². The van der Waals surface area contributed by atoms with Gasteiger partial charge in [0.15, 0.2) is 0 Å². The van der Waals surface area contributed by atoms with Crippen LogP contribution < -0.4 is 21.3 Å². The number of hydrogen-bond donors (Lipinski definition) is 4. The van der Waals surface area contributed by atoms with Gasteiger partial charge in [0, 0.05) is 17.8 Å². The minimum Gasteiger partial charge on any atom is -0.364 e.